The number of benzene rings is 1. The van der Waals surface area contributed by atoms with E-state index in [0.717, 1.165) is 17.8 Å². The molecule has 6 heteroatoms. The van der Waals surface area contributed by atoms with Crippen molar-refractivity contribution < 1.29 is 13.7 Å². The molecule has 4 nitrogen and oxygen atoms in total. The Morgan fingerprint density at radius 1 is 0.800 bits per heavy atom. The molecule has 3 unspecified atom stereocenters. The fraction of sp³-hybridized carbons (Fsp3) is 0.794. The summed E-state index contributed by atoms with van der Waals surface area (Å²) in [4.78, 5) is 5.89. The van der Waals surface area contributed by atoms with Crippen LogP contribution in [0.15, 0.2) is 35.5 Å². The zero-order valence-electron chi connectivity index (χ0n) is 27.0. The van der Waals surface area contributed by atoms with E-state index in [2.05, 4.69) is 84.3 Å². The van der Waals surface area contributed by atoms with E-state index >= 15 is 0 Å². The summed E-state index contributed by atoms with van der Waals surface area (Å²) < 4.78 is 13.9. The van der Waals surface area contributed by atoms with Crippen LogP contribution in [0.25, 0.3) is 0 Å². The van der Waals surface area contributed by atoms with Gasteiger partial charge >= 0.3 is 0 Å². The summed E-state index contributed by atoms with van der Waals surface area (Å²) in [5.74, 6) is 3.50. The molecule has 0 spiro atoms. The van der Waals surface area contributed by atoms with Crippen molar-refractivity contribution in [1.82, 2.24) is 0 Å². The van der Waals surface area contributed by atoms with Gasteiger partial charge in [-0.2, -0.15) is 0 Å². The summed E-state index contributed by atoms with van der Waals surface area (Å²) in [5.41, 5.74) is 3.07. The lowest BCUT2D eigenvalue weighted by atomic mass is 9.44. The van der Waals surface area contributed by atoms with Crippen LogP contribution in [0.4, 0.5) is 0 Å². The third kappa shape index (κ3) is 6.21. The molecule has 1 aromatic carbocycles. The van der Waals surface area contributed by atoms with Crippen molar-refractivity contribution in [2.24, 2.45) is 45.6 Å². The molecule has 0 bridgehead atoms. The number of rotatable bonds is 8. The third-order valence-corrected chi connectivity index (χ3v) is 13.5. The van der Waals surface area contributed by atoms with Gasteiger partial charge in [0.15, 0.2) is 16.6 Å². The van der Waals surface area contributed by atoms with Crippen LogP contribution in [0.2, 0.25) is 39.3 Å². The van der Waals surface area contributed by atoms with E-state index < -0.39 is 16.6 Å². The van der Waals surface area contributed by atoms with Gasteiger partial charge in [-0.05, 0) is 138 Å². The molecule has 224 valence electrons. The van der Waals surface area contributed by atoms with Crippen LogP contribution in [0.3, 0.4) is 0 Å². The maximum absolute atomic E-state index is 7.14. The van der Waals surface area contributed by atoms with Gasteiger partial charge in [0.2, 0.25) is 0 Å². The molecule has 1 aromatic rings. The van der Waals surface area contributed by atoms with Crippen LogP contribution in [0.1, 0.15) is 77.7 Å². The van der Waals surface area contributed by atoms with Crippen molar-refractivity contribution in [2.75, 3.05) is 0 Å². The lowest BCUT2D eigenvalue weighted by Crippen LogP contribution is -2.60. The van der Waals surface area contributed by atoms with E-state index in [1.54, 1.807) is 0 Å². The standard InChI is InChI=1S/C34H57NO3Si2/c1-24(35-36-23-25-13-11-10-12-14-25)28-15-16-29-27-22-32(38-40(7,8)9)31-21-26(37-39(4,5)6)17-19-34(31,3)30(27)18-20-33(28,29)2/h10-14,26-32H,15-23H2,1-9H3/b35-24+/t26?,27-,28+,29-,30-,31?,32?,33+,34+/m0/s1. The number of oxime groups is 1. The van der Waals surface area contributed by atoms with E-state index in [1.807, 2.05) is 6.07 Å². The van der Waals surface area contributed by atoms with E-state index in [4.69, 9.17) is 18.8 Å². The van der Waals surface area contributed by atoms with Gasteiger partial charge in [0.1, 0.15) is 6.61 Å². The summed E-state index contributed by atoms with van der Waals surface area (Å²) in [5, 5.41) is 4.71. The maximum Gasteiger partial charge on any atom is 0.184 e. The van der Waals surface area contributed by atoms with E-state index in [1.165, 1.54) is 62.6 Å². The van der Waals surface area contributed by atoms with Crippen LogP contribution < -0.4 is 0 Å². The van der Waals surface area contributed by atoms with Crippen molar-refractivity contribution in [1.29, 1.82) is 0 Å². The Morgan fingerprint density at radius 2 is 1.45 bits per heavy atom. The average molecular weight is 584 g/mol. The molecule has 4 aliphatic rings. The van der Waals surface area contributed by atoms with Gasteiger partial charge in [0, 0.05) is 18.1 Å². The van der Waals surface area contributed by atoms with Crippen molar-refractivity contribution in [2.45, 2.75) is 130 Å². The van der Waals surface area contributed by atoms with Gasteiger partial charge in [-0.15, -0.1) is 0 Å². The first-order valence-electron chi connectivity index (χ1n) is 16.3. The second-order valence-corrected chi connectivity index (χ2v) is 25.2. The van der Waals surface area contributed by atoms with Crippen LogP contribution in [0, 0.1) is 40.4 Å². The van der Waals surface area contributed by atoms with Crippen molar-refractivity contribution in [3.63, 3.8) is 0 Å². The molecule has 0 aliphatic heterocycles. The van der Waals surface area contributed by atoms with Gasteiger partial charge in [0.05, 0.1) is 5.71 Å². The van der Waals surface area contributed by atoms with E-state index in [9.17, 15) is 0 Å². The normalized spacial score (nSPS) is 40.2. The first kappa shape index (κ1) is 30.5. The Balaban J connectivity index is 1.35. The SMILES string of the molecule is C/C(=N\OCc1ccccc1)[C@H]1CC[C@H]2[C@@H]3CC(O[Si](C)(C)C)C4CC(O[Si](C)(C)C)CC[C@]4(C)[C@H]3CC[C@]12C. The molecule has 40 heavy (non-hydrogen) atoms. The Morgan fingerprint density at radius 3 is 2.12 bits per heavy atom. The summed E-state index contributed by atoms with van der Waals surface area (Å²) in [6, 6.07) is 10.4. The maximum atomic E-state index is 7.14. The molecule has 0 heterocycles. The highest BCUT2D eigenvalue weighted by atomic mass is 28.4. The van der Waals surface area contributed by atoms with E-state index in [0.29, 0.717) is 41.5 Å². The molecule has 0 radical (unpaired) electrons. The largest absolute Gasteiger partial charge is 0.415 e. The monoisotopic (exact) mass is 583 g/mol. The average Bonchev–Trinajstić information content (AvgIpc) is 3.21. The highest BCUT2D eigenvalue weighted by Crippen LogP contribution is 2.68. The molecule has 0 saturated heterocycles. The fourth-order valence-corrected chi connectivity index (χ4v) is 12.3. The summed E-state index contributed by atoms with van der Waals surface area (Å²) in [6.45, 7) is 22.3. The molecule has 5 rings (SSSR count). The third-order valence-electron chi connectivity index (χ3n) is 11.4. The van der Waals surface area contributed by atoms with E-state index in [-0.39, 0.29) is 0 Å². The van der Waals surface area contributed by atoms with Crippen molar-refractivity contribution in [3.05, 3.63) is 35.9 Å². The second kappa shape index (κ2) is 11.3. The van der Waals surface area contributed by atoms with Gasteiger partial charge < -0.3 is 13.7 Å². The summed E-state index contributed by atoms with van der Waals surface area (Å²) >= 11 is 0. The Bertz CT molecular complexity index is 1050. The molecular weight excluding hydrogens is 527 g/mol. The minimum atomic E-state index is -1.67. The lowest BCUT2D eigenvalue weighted by molar-refractivity contribution is -0.163. The molecule has 4 aliphatic carbocycles. The summed E-state index contributed by atoms with van der Waals surface area (Å²) in [6.07, 6.45) is 11.1. The van der Waals surface area contributed by atoms with Crippen molar-refractivity contribution >= 4 is 22.3 Å². The first-order valence-corrected chi connectivity index (χ1v) is 23.1. The number of hydrogen-bond acceptors (Lipinski definition) is 4. The molecule has 4 saturated carbocycles. The highest BCUT2D eigenvalue weighted by Gasteiger charge is 2.63. The predicted molar refractivity (Wildman–Crippen MR) is 171 cm³/mol. The van der Waals surface area contributed by atoms with Crippen molar-refractivity contribution in [3.8, 4) is 0 Å². The van der Waals surface area contributed by atoms with Crippen LogP contribution in [-0.2, 0) is 20.3 Å². The number of fused-ring (bicyclic) bond motifs is 5. The number of nitrogens with zero attached hydrogens (tertiary/aromatic N) is 1. The van der Waals surface area contributed by atoms with Crippen LogP contribution in [-0.4, -0.2) is 34.6 Å². The molecule has 0 N–H and O–H groups in total. The Hall–Kier alpha value is -0.956. The molecule has 9 atom stereocenters. The minimum absolute atomic E-state index is 0.315. The topological polar surface area (TPSA) is 40.0 Å². The quantitative estimate of drug-likeness (QED) is 0.174. The molecule has 0 aromatic heterocycles. The molecular formula is C34H57NO3Si2. The number of hydrogen-bond donors (Lipinski definition) is 0. The minimum Gasteiger partial charge on any atom is -0.415 e. The highest BCUT2D eigenvalue weighted by molar-refractivity contribution is 6.70. The lowest BCUT2D eigenvalue weighted by Gasteiger charge is -2.63. The first-order chi connectivity index (χ1) is 18.7. The van der Waals surface area contributed by atoms with Crippen LogP contribution >= 0.6 is 0 Å². The predicted octanol–water partition coefficient (Wildman–Crippen LogP) is 9.29. The van der Waals surface area contributed by atoms with Gasteiger partial charge in [-0.25, -0.2) is 0 Å². The zero-order valence-corrected chi connectivity index (χ0v) is 29.0. The van der Waals surface area contributed by atoms with Gasteiger partial charge in [-0.1, -0.05) is 49.3 Å². The second-order valence-electron chi connectivity index (χ2n) is 16.3. The van der Waals surface area contributed by atoms with Gasteiger partial charge in [-0.3, -0.25) is 0 Å². The smallest absolute Gasteiger partial charge is 0.184 e. The molecule has 4 fully saturated rings. The summed E-state index contributed by atoms with van der Waals surface area (Å²) in [7, 11) is -3.23. The zero-order chi connectivity index (χ0) is 28.9. The Labute approximate surface area is 247 Å². The van der Waals surface area contributed by atoms with Gasteiger partial charge in [0.25, 0.3) is 0 Å². The fourth-order valence-electron chi connectivity index (χ4n) is 9.96. The Kier molecular flexibility index (Phi) is 8.60. The molecule has 0 amide bonds. The van der Waals surface area contributed by atoms with Crippen LogP contribution in [0.5, 0.6) is 0 Å².